The van der Waals surface area contributed by atoms with Crippen LogP contribution in [0.15, 0.2) is 41.9 Å². The average Bonchev–Trinajstić information content (AvgIpc) is 3.24. The number of imidazole rings is 1. The van der Waals surface area contributed by atoms with Crippen LogP contribution in [0.25, 0.3) is 5.69 Å². The fourth-order valence-electron chi connectivity index (χ4n) is 2.15. The second-order valence-corrected chi connectivity index (χ2v) is 6.07. The molecule has 122 valence electrons. The highest BCUT2D eigenvalue weighted by atomic mass is 32.2. The predicted octanol–water partition coefficient (Wildman–Crippen LogP) is 2.19. The largest absolute Gasteiger partial charge is 0.349 e. The van der Waals surface area contributed by atoms with E-state index in [9.17, 15) is 4.79 Å². The summed E-state index contributed by atoms with van der Waals surface area (Å²) >= 11 is 1.32. The van der Waals surface area contributed by atoms with Gasteiger partial charge in [-0.25, -0.2) is 9.98 Å². The molecular weight excluding hydrogens is 324 g/mol. The van der Waals surface area contributed by atoms with Gasteiger partial charge in [-0.15, -0.1) is 0 Å². The summed E-state index contributed by atoms with van der Waals surface area (Å²) in [5, 5.41) is 14.8. The summed E-state index contributed by atoms with van der Waals surface area (Å²) in [6.45, 7) is 0. The van der Waals surface area contributed by atoms with Crippen molar-refractivity contribution < 1.29 is 4.79 Å². The zero-order valence-electron chi connectivity index (χ0n) is 13.1. The summed E-state index contributed by atoms with van der Waals surface area (Å²) in [7, 11) is 0. The van der Waals surface area contributed by atoms with Crippen molar-refractivity contribution in [3.8, 4) is 11.9 Å². The second-order valence-electron chi connectivity index (χ2n) is 5.28. The third-order valence-electron chi connectivity index (χ3n) is 3.51. The number of carbonyl (C=O) groups excluding carboxylic acids is 1. The molecule has 0 bridgehead atoms. The Hall–Kier alpha value is -2.79. The van der Waals surface area contributed by atoms with Gasteiger partial charge in [0.05, 0.1) is 17.7 Å². The molecule has 1 aliphatic rings. The first kappa shape index (κ1) is 16.1. The van der Waals surface area contributed by atoms with Gasteiger partial charge in [0.1, 0.15) is 0 Å². The smallest absolute Gasteiger partial charge is 0.251 e. The lowest BCUT2D eigenvalue weighted by Gasteiger charge is -2.10. The second kappa shape index (κ2) is 7.19. The highest BCUT2D eigenvalue weighted by Gasteiger charge is 2.24. The van der Waals surface area contributed by atoms with Crippen LogP contribution in [-0.2, 0) is 0 Å². The number of hydrogen-bond acceptors (Lipinski definition) is 5. The minimum absolute atomic E-state index is 0.106. The Morgan fingerprint density at radius 2 is 2.33 bits per heavy atom. The van der Waals surface area contributed by atoms with Gasteiger partial charge in [0.2, 0.25) is 0 Å². The molecule has 0 saturated heterocycles. The van der Waals surface area contributed by atoms with Crippen LogP contribution < -0.4 is 10.6 Å². The summed E-state index contributed by atoms with van der Waals surface area (Å²) in [5.41, 5.74) is 1.91. The van der Waals surface area contributed by atoms with Crippen LogP contribution in [0.5, 0.6) is 0 Å². The molecule has 0 radical (unpaired) electrons. The van der Waals surface area contributed by atoms with Gasteiger partial charge in [0.15, 0.2) is 11.4 Å². The summed E-state index contributed by atoms with van der Waals surface area (Å²) in [5.74, 6) is -0.106. The van der Waals surface area contributed by atoms with Crippen LogP contribution >= 0.6 is 11.8 Å². The van der Waals surface area contributed by atoms with Gasteiger partial charge in [-0.1, -0.05) is 11.8 Å². The van der Waals surface area contributed by atoms with Crippen LogP contribution in [0.1, 0.15) is 23.2 Å². The van der Waals surface area contributed by atoms with Crippen LogP contribution in [-0.4, -0.2) is 32.9 Å². The minimum atomic E-state index is -0.106. The maximum Gasteiger partial charge on any atom is 0.251 e. The highest BCUT2D eigenvalue weighted by molar-refractivity contribution is 8.13. The van der Waals surface area contributed by atoms with E-state index in [1.54, 1.807) is 30.9 Å². The Morgan fingerprint density at radius 1 is 1.50 bits per heavy atom. The van der Waals surface area contributed by atoms with Gasteiger partial charge in [-0.2, -0.15) is 5.26 Å². The number of nitrogens with one attached hydrogen (secondary N) is 2. The molecule has 1 heterocycles. The Balaban J connectivity index is 2.00. The van der Waals surface area contributed by atoms with Crippen molar-refractivity contribution in [1.29, 1.82) is 5.26 Å². The molecule has 1 aliphatic carbocycles. The van der Waals surface area contributed by atoms with Crippen molar-refractivity contribution in [2.75, 3.05) is 6.26 Å². The minimum Gasteiger partial charge on any atom is -0.349 e. The normalized spacial score (nSPS) is 14.1. The Labute approximate surface area is 143 Å². The summed E-state index contributed by atoms with van der Waals surface area (Å²) in [6, 6.07) is 5.61. The maximum absolute atomic E-state index is 12.3. The van der Waals surface area contributed by atoms with Crippen LogP contribution in [0.4, 0.5) is 5.69 Å². The zero-order valence-corrected chi connectivity index (χ0v) is 13.9. The molecule has 1 aromatic heterocycles. The molecule has 1 fully saturated rings. The Morgan fingerprint density at radius 3 is 2.96 bits per heavy atom. The first-order valence-electron chi connectivity index (χ1n) is 7.42. The van der Waals surface area contributed by atoms with Crippen molar-refractivity contribution >= 4 is 28.5 Å². The number of amidine groups is 1. The number of hydrogen-bond donors (Lipinski definition) is 2. The zero-order chi connectivity index (χ0) is 16.9. The molecule has 1 aromatic carbocycles. The fraction of sp³-hybridized carbons (Fsp3) is 0.250. The third-order valence-corrected chi connectivity index (χ3v) is 4.09. The first-order valence-corrected chi connectivity index (χ1v) is 8.65. The van der Waals surface area contributed by atoms with Crippen LogP contribution in [0.3, 0.4) is 0 Å². The predicted molar refractivity (Wildman–Crippen MR) is 93.4 cm³/mol. The van der Waals surface area contributed by atoms with Crippen LogP contribution in [0.2, 0.25) is 0 Å². The summed E-state index contributed by atoms with van der Waals surface area (Å²) in [6.07, 6.45) is 10.9. The van der Waals surface area contributed by atoms with Gasteiger partial charge in [0, 0.05) is 24.0 Å². The molecule has 0 aliphatic heterocycles. The van der Waals surface area contributed by atoms with Gasteiger partial charge >= 0.3 is 0 Å². The number of carbonyl (C=O) groups is 1. The third kappa shape index (κ3) is 3.75. The number of rotatable bonds is 4. The van der Waals surface area contributed by atoms with E-state index < -0.39 is 0 Å². The number of nitriles is 1. The Kier molecular flexibility index (Phi) is 4.82. The average molecular weight is 340 g/mol. The molecule has 1 saturated carbocycles. The number of aromatic nitrogens is 2. The van der Waals surface area contributed by atoms with Gasteiger partial charge in [-0.3, -0.25) is 10.1 Å². The van der Waals surface area contributed by atoms with Gasteiger partial charge in [0.25, 0.3) is 5.91 Å². The highest BCUT2D eigenvalue weighted by Crippen LogP contribution is 2.27. The van der Waals surface area contributed by atoms with E-state index in [1.807, 2.05) is 23.1 Å². The standard InChI is InChI=1S/C16H16N6OS/c1-24-16(19-9-17)21-13-8-11(15(23)20-12-3-4-12)2-5-14(13)22-7-6-18-10-22/h2,5-8,10,12H,3-4H2,1H3,(H,19,21)(H,20,23). The lowest BCUT2D eigenvalue weighted by molar-refractivity contribution is 0.0951. The lowest BCUT2D eigenvalue weighted by atomic mass is 10.1. The monoisotopic (exact) mass is 340 g/mol. The van der Waals surface area contributed by atoms with E-state index in [2.05, 4.69) is 20.6 Å². The summed E-state index contributed by atoms with van der Waals surface area (Å²) < 4.78 is 1.81. The number of aliphatic imine (C=N–C) groups is 1. The topological polar surface area (TPSA) is 95.1 Å². The van der Waals surface area contributed by atoms with Gasteiger partial charge in [-0.05, 0) is 37.3 Å². The number of thioether (sulfide) groups is 1. The van der Waals surface area contributed by atoms with Crippen molar-refractivity contribution in [3.05, 3.63) is 42.5 Å². The van der Waals surface area contributed by atoms with E-state index in [4.69, 9.17) is 5.26 Å². The molecule has 3 rings (SSSR count). The van der Waals surface area contributed by atoms with Crippen molar-refractivity contribution in [2.45, 2.75) is 18.9 Å². The molecule has 7 nitrogen and oxygen atoms in total. The molecule has 2 aromatic rings. The first-order chi connectivity index (χ1) is 11.7. The number of amides is 1. The molecule has 8 heteroatoms. The summed E-state index contributed by atoms with van der Waals surface area (Å²) in [4.78, 5) is 20.8. The van der Waals surface area contributed by atoms with Crippen molar-refractivity contribution in [3.63, 3.8) is 0 Å². The molecular formula is C16H16N6OS. The van der Waals surface area contributed by atoms with Gasteiger partial charge < -0.3 is 9.88 Å². The molecule has 0 unspecified atom stereocenters. The lowest BCUT2D eigenvalue weighted by Crippen LogP contribution is -2.25. The van der Waals surface area contributed by atoms with E-state index in [0.29, 0.717) is 22.5 Å². The number of nitrogens with zero attached hydrogens (tertiary/aromatic N) is 4. The fourth-order valence-corrected chi connectivity index (χ4v) is 2.49. The molecule has 24 heavy (non-hydrogen) atoms. The van der Waals surface area contributed by atoms with Crippen LogP contribution in [0, 0.1) is 11.5 Å². The molecule has 0 spiro atoms. The maximum atomic E-state index is 12.3. The Bertz CT molecular complexity index is 804. The molecule has 0 atom stereocenters. The van der Waals surface area contributed by atoms with Crippen molar-refractivity contribution in [1.82, 2.24) is 20.2 Å². The van der Waals surface area contributed by atoms with E-state index in [1.165, 1.54) is 11.8 Å². The quantitative estimate of drug-likeness (QED) is 0.385. The van der Waals surface area contributed by atoms with E-state index in [0.717, 1.165) is 18.5 Å². The molecule has 1 amide bonds. The SMILES string of the molecule is CSC(=Nc1cc(C(=O)NC2CC2)ccc1-n1ccnc1)NC#N. The van der Waals surface area contributed by atoms with E-state index >= 15 is 0 Å². The van der Waals surface area contributed by atoms with E-state index in [-0.39, 0.29) is 5.91 Å². The van der Waals surface area contributed by atoms with Crippen molar-refractivity contribution in [2.24, 2.45) is 4.99 Å². The molecule has 2 N–H and O–H groups in total. The number of benzene rings is 1.